The van der Waals surface area contributed by atoms with Crippen molar-refractivity contribution in [3.63, 3.8) is 0 Å². The van der Waals surface area contributed by atoms with Crippen LogP contribution in [-0.2, 0) is 26.2 Å². The predicted molar refractivity (Wildman–Crippen MR) is 160 cm³/mol. The molecule has 0 aliphatic heterocycles. The fourth-order valence-corrected chi connectivity index (χ4v) is 5.71. The van der Waals surface area contributed by atoms with E-state index >= 15 is 0 Å². The van der Waals surface area contributed by atoms with Crippen LogP contribution in [0.2, 0.25) is 0 Å². The molecule has 0 bridgehead atoms. The van der Waals surface area contributed by atoms with Gasteiger partial charge in [-0.2, -0.15) is 0 Å². The second kappa shape index (κ2) is 14.0. The van der Waals surface area contributed by atoms with E-state index in [9.17, 15) is 18.0 Å². The molecular formula is C31H39N3O6S. The molecule has 3 aromatic rings. The fraction of sp³-hybridized carbons (Fsp3) is 0.355. The van der Waals surface area contributed by atoms with Gasteiger partial charge in [-0.1, -0.05) is 55.0 Å². The number of nitrogens with zero attached hydrogens (tertiary/aromatic N) is 2. The number of amides is 2. The van der Waals surface area contributed by atoms with Crippen molar-refractivity contribution in [3.05, 3.63) is 83.9 Å². The standard InChI is InChI=1S/C31H39N3O6S/c1-7-23(3)32-31(36)24(4)33(20-25-13-11-12-22(2)18-25)30(35)21-34(41(37,38)27-14-9-8-10-15-27)26-16-17-28(39-5)29(19-26)40-6/h8-19,23-24H,7,20-21H2,1-6H3,(H,32,36)/t23-,24-/m0/s1. The van der Waals surface area contributed by atoms with Gasteiger partial charge in [-0.05, 0) is 57.0 Å². The van der Waals surface area contributed by atoms with Crippen molar-refractivity contribution < 1.29 is 27.5 Å². The average Bonchev–Trinajstić information content (AvgIpc) is 2.98. The number of hydrogen-bond donors (Lipinski definition) is 1. The van der Waals surface area contributed by atoms with Crippen molar-refractivity contribution >= 4 is 27.5 Å². The van der Waals surface area contributed by atoms with Crippen molar-refractivity contribution in [1.29, 1.82) is 0 Å². The van der Waals surface area contributed by atoms with E-state index in [1.54, 1.807) is 37.3 Å². The average molecular weight is 582 g/mol. The molecule has 0 fully saturated rings. The van der Waals surface area contributed by atoms with Crippen LogP contribution in [0.5, 0.6) is 11.5 Å². The van der Waals surface area contributed by atoms with Gasteiger partial charge in [0.15, 0.2) is 11.5 Å². The third-order valence-corrected chi connectivity index (χ3v) is 8.66. The Hall–Kier alpha value is -4.05. The summed E-state index contributed by atoms with van der Waals surface area (Å²) in [5.41, 5.74) is 2.04. The predicted octanol–water partition coefficient (Wildman–Crippen LogP) is 4.54. The summed E-state index contributed by atoms with van der Waals surface area (Å²) in [6.07, 6.45) is 0.729. The Morgan fingerprint density at radius 3 is 2.20 bits per heavy atom. The molecule has 9 nitrogen and oxygen atoms in total. The van der Waals surface area contributed by atoms with E-state index in [1.165, 1.54) is 37.3 Å². The fourth-order valence-electron chi connectivity index (χ4n) is 4.28. The highest BCUT2D eigenvalue weighted by atomic mass is 32.2. The third-order valence-electron chi connectivity index (χ3n) is 6.87. The summed E-state index contributed by atoms with van der Waals surface area (Å²) in [7, 11) is -1.26. The number of benzene rings is 3. The minimum atomic E-state index is -4.19. The van der Waals surface area contributed by atoms with Gasteiger partial charge in [0.05, 0.1) is 24.8 Å². The summed E-state index contributed by atoms with van der Waals surface area (Å²) in [5, 5.41) is 2.94. The first-order valence-corrected chi connectivity index (χ1v) is 14.9. The van der Waals surface area contributed by atoms with Crippen molar-refractivity contribution in [1.82, 2.24) is 10.2 Å². The van der Waals surface area contributed by atoms with Crippen LogP contribution in [0.3, 0.4) is 0 Å². The molecule has 0 aliphatic carbocycles. The first-order valence-electron chi connectivity index (χ1n) is 13.5. The highest BCUT2D eigenvalue weighted by molar-refractivity contribution is 7.92. The molecule has 0 unspecified atom stereocenters. The number of anilines is 1. The molecule has 0 saturated carbocycles. The lowest BCUT2D eigenvalue weighted by Gasteiger charge is -2.32. The van der Waals surface area contributed by atoms with Gasteiger partial charge in [-0.3, -0.25) is 13.9 Å². The van der Waals surface area contributed by atoms with Crippen LogP contribution in [0.1, 0.15) is 38.3 Å². The van der Waals surface area contributed by atoms with Gasteiger partial charge in [0, 0.05) is 18.7 Å². The van der Waals surface area contributed by atoms with E-state index in [0.717, 1.165) is 21.9 Å². The molecule has 0 heterocycles. The summed E-state index contributed by atoms with van der Waals surface area (Å²) >= 11 is 0. The number of aryl methyl sites for hydroxylation is 1. The second-order valence-electron chi connectivity index (χ2n) is 9.87. The normalized spacial score (nSPS) is 12.6. The summed E-state index contributed by atoms with van der Waals surface area (Å²) < 4.78 is 39.6. The summed E-state index contributed by atoms with van der Waals surface area (Å²) in [4.78, 5) is 28.7. The summed E-state index contributed by atoms with van der Waals surface area (Å²) in [6, 6.07) is 19.2. The van der Waals surface area contributed by atoms with Gasteiger partial charge < -0.3 is 19.7 Å². The Morgan fingerprint density at radius 1 is 0.902 bits per heavy atom. The van der Waals surface area contributed by atoms with E-state index in [0.29, 0.717) is 11.5 Å². The van der Waals surface area contributed by atoms with Crippen LogP contribution >= 0.6 is 0 Å². The molecule has 0 aliphatic rings. The molecule has 2 amide bonds. The Kier molecular flexibility index (Phi) is 10.8. The van der Waals surface area contributed by atoms with Crippen LogP contribution in [0, 0.1) is 6.92 Å². The number of rotatable bonds is 13. The van der Waals surface area contributed by atoms with Crippen LogP contribution < -0.4 is 19.1 Å². The van der Waals surface area contributed by atoms with Crippen molar-refractivity contribution in [2.45, 2.75) is 57.6 Å². The molecule has 220 valence electrons. The zero-order valence-corrected chi connectivity index (χ0v) is 25.3. The first-order chi connectivity index (χ1) is 19.5. The number of nitrogens with one attached hydrogen (secondary N) is 1. The molecule has 0 radical (unpaired) electrons. The Morgan fingerprint density at radius 2 is 1.59 bits per heavy atom. The molecule has 0 spiro atoms. The third kappa shape index (κ3) is 7.79. The number of sulfonamides is 1. The first kappa shape index (κ1) is 31.5. The quantitative estimate of drug-likeness (QED) is 0.318. The number of methoxy groups -OCH3 is 2. The molecular weight excluding hydrogens is 542 g/mol. The minimum absolute atomic E-state index is 0.0235. The lowest BCUT2D eigenvalue weighted by Crippen LogP contribution is -2.52. The van der Waals surface area contributed by atoms with Crippen molar-refractivity contribution in [2.75, 3.05) is 25.1 Å². The largest absolute Gasteiger partial charge is 0.493 e. The number of carbonyl (C=O) groups excluding carboxylic acids is 2. The molecule has 0 saturated heterocycles. The van der Waals surface area contributed by atoms with E-state index in [1.807, 2.05) is 45.0 Å². The van der Waals surface area contributed by atoms with Gasteiger partial charge in [0.1, 0.15) is 12.6 Å². The van der Waals surface area contributed by atoms with E-state index in [4.69, 9.17) is 9.47 Å². The topological polar surface area (TPSA) is 105 Å². The van der Waals surface area contributed by atoms with Gasteiger partial charge in [-0.25, -0.2) is 8.42 Å². The van der Waals surface area contributed by atoms with E-state index in [-0.39, 0.29) is 29.1 Å². The minimum Gasteiger partial charge on any atom is -0.493 e. The van der Waals surface area contributed by atoms with Gasteiger partial charge in [-0.15, -0.1) is 0 Å². The van der Waals surface area contributed by atoms with Crippen LogP contribution in [0.25, 0.3) is 0 Å². The molecule has 10 heteroatoms. The van der Waals surface area contributed by atoms with Gasteiger partial charge >= 0.3 is 0 Å². The van der Waals surface area contributed by atoms with Gasteiger partial charge in [0.25, 0.3) is 10.0 Å². The Bertz CT molecular complexity index is 1450. The molecule has 2 atom stereocenters. The zero-order chi connectivity index (χ0) is 30.2. The number of hydrogen-bond acceptors (Lipinski definition) is 6. The van der Waals surface area contributed by atoms with Crippen LogP contribution in [0.15, 0.2) is 77.7 Å². The Labute approximate surface area is 243 Å². The lowest BCUT2D eigenvalue weighted by atomic mass is 10.1. The summed E-state index contributed by atoms with van der Waals surface area (Å²) in [6.45, 7) is 7.03. The maximum Gasteiger partial charge on any atom is 0.264 e. The number of ether oxygens (including phenoxy) is 2. The maximum absolute atomic E-state index is 14.1. The van der Waals surface area contributed by atoms with Crippen molar-refractivity contribution in [2.24, 2.45) is 0 Å². The van der Waals surface area contributed by atoms with E-state index in [2.05, 4.69) is 5.32 Å². The molecule has 41 heavy (non-hydrogen) atoms. The van der Waals surface area contributed by atoms with Crippen molar-refractivity contribution in [3.8, 4) is 11.5 Å². The van der Waals surface area contributed by atoms with Crippen LogP contribution in [0.4, 0.5) is 5.69 Å². The lowest BCUT2D eigenvalue weighted by molar-refractivity contribution is -0.139. The number of carbonyl (C=O) groups is 2. The maximum atomic E-state index is 14.1. The molecule has 1 N–H and O–H groups in total. The molecule has 3 rings (SSSR count). The SMILES string of the molecule is CC[C@H](C)NC(=O)[C@H](C)N(Cc1cccc(C)c1)C(=O)CN(c1ccc(OC)c(OC)c1)S(=O)(=O)c1ccccc1. The molecule has 3 aromatic carbocycles. The monoisotopic (exact) mass is 581 g/mol. The summed E-state index contributed by atoms with van der Waals surface area (Å²) in [5.74, 6) is -0.129. The van der Waals surface area contributed by atoms with E-state index < -0.39 is 28.5 Å². The zero-order valence-electron chi connectivity index (χ0n) is 24.5. The highest BCUT2D eigenvalue weighted by Crippen LogP contribution is 2.34. The van der Waals surface area contributed by atoms with Crippen LogP contribution in [-0.4, -0.2) is 58.0 Å². The highest BCUT2D eigenvalue weighted by Gasteiger charge is 2.33. The second-order valence-corrected chi connectivity index (χ2v) is 11.7. The smallest absolute Gasteiger partial charge is 0.264 e. The Balaban J connectivity index is 2.07. The molecule has 0 aromatic heterocycles. The van der Waals surface area contributed by atoms with Gasteiger partial charge in [0.2, 0.25) is 11.8 Å².